The number of benzene rings is 2. The lowest BCUT2D eigenvalue weighted by Crippen LogP contribution is -2.27. The van der Waals surface area contributed by atoms with E-state index in [1.807, 2.05) is 30.3 Å². The van der Waals surface area contributed by atoms with Crippen LogP contribution < -0.4 is 24.3 Å². The van der Waals surface area contributed by atoms with Gasteiger partial charge in [-0.25, -0.2) is 0 Å². The molecule has 29 heavy (non-hydrogen) atoms. The molecule has 6 heteroatoms. The normalized spacial score (nSPS) is 17.8. The molecule has 152 valence electrons. The average molecular weight is 395 g/mol. The first-order chi connectivity index (χ1) is 14.1. The molecular formula is C23H25NO5. The third-order valence-corrected chi connectivity index (χ3v) is 5.63. The van der Waals surface area contributed by atoms with E-state index >= 15 is 0 Å². The van der Waals surface area contributed by atoms with Gasteiger partial charge in [-0.1, -0.05) is 12.1 Å². The second kappa shape index (κ2) is 7.70. The van der Waals surface area contributed by atoms with Crippen LogP contribution in [0.25, 0.3) is 0 Å². The van der Waals surface area contributed by atoms with Crippen LogP contribution in [0.3, 0.4) is 0 Å². The third kappa shape index (κ3) is 3.09. The Bertz CT molecular complexity index is 995. The van der Waals surface area contributed by atoms with Crippen molar-refractivity contribution in [1.29, 1.82) is 0 Å². The molecule has 0 saturated carbocycles. The number of rotatable bonds is 5. The third-order valence-electron chi connectivity index (χ3n) is 5.63. The van der Waals surface area contributed by atoms with Gasteiger partial charge in [-0.2, -0.15) is 0 Å². The van der Waals surface area contributed by atoms with E-state index < -0.39 is 0 Å². The molecular weight excluding hydrogens is 370 g/mol. The number of nitrogens with one attached hydrogen (secondary N) is 1. The van der Waals surface area contributed by atoms with E-state index in [9.17, 15) is 4.79 Å². The van der Waals surface area contributed by atoms with Gasteiger partial charge in [0.15, 0.2) is 17.3 Å². The van der Waals surface area contributed by atoms with Crippen molar-refractivity contribution in [2.75, 3.05) is 33.8 Å². The summed E-state index contributed by atoms with van der Waals surface area (Å²) in [5.41, 5.74) is 4.39. The number of hydrogen-bond acceptors (Lipinski definition) is 6. The molecule has 0 spiro atoms. The molecule has 4 rings (SSSR count). The minimum atomic E-state index is -0.319. The van der Waals surface area contributed by atoms with Gasteiger partial charge < -0.3 is 24.3 Å². The van der Waals surface area contributed by atoms with Crippen molar-refractivity contribution in [3.63, 3.8) is 0 Å². The van der Waals surface area contributed by atoms with Gasteiger partial charge in [0.2, 0.25) is 0 Å². The number of ether oxygens (including phenoxy) is 4. The Kier molecular flexibility index (Phi) is 5.09. The van der Waals surface area contributed by atoms with Crippen LogP contribution in [0, 0.1) is 0 Å². The highest BCUT2D eigenvalue weighted by Gasteiger charge is 2.39. The van der Waals surface area contributed by atoms with Gasteiger partial charge in [0.25, 0.3) is 0 Å². The Morgan fingerprint density at radius 1 is 0.931 bits per heavy atom. The molecule has 1 aliphatic carbocycles. The Morgan fingerprint density at radius 3 is 2.41 bits per heavy atom. The number of Topliss-reactive ketones (excluding diaryl/α,β-unsaturated/α-hetero) is 1. The van der Waals surface area contributed by atoms with E-state index in [1.54, 1.807) is 28.4 Å². The molecule has 1 aliphatic heterocycles. The van der Waals surface area contributed by atoms with Crippen LogP contribution in [0.15, 0.2) is 41.6 Å². The van der Waals surface area contributed by atoms with Gasteiger partial charge in [0.1, 0.15) is 11.5 Å². The molecule has 0 aromatic heterocycles. The van der Waals surface area contributed by atoms with Crippen molar-refractivity contribution in [3.05, 3.63) is 52.7 Å². The smallest absolute Gasteiger partial charge is 0.164 e. The number of methoxy groups -OCH3 is 4. The average Bonchev–Trinajstić information content (AvgIpc) is 2.76. The van der Waals surface area contributed by atoms with Crippen LogP contribution in [-0.4, -0.2) is 34.2 Å². The number of carbonyl (C=O) groups is 1. The maximum Gasteiger partial charge on any atom is 0.164 e. The second-order valence-electron chi connectivity index (χ2n) is 7.10. The topological polar surface area (TPSA) is 66.0 Å². The second-order valence-corrected chi connectivity index (χ2v) is 7.10. The monoisotopic (exact) mass is 395 g/mol. The van der Waals surface area contributed by atoms with Crippen LogP contribution in [0.2, 0.25) is 0 Å². The van der Waals surface area contributed by atoms with Gasteiger partial charge in [-0.3, -0.25) is 4.79 Å². The number of para-hydroxylation sites is 1. The number of anilines is 1. The summed E-state index contributed by atoms with van der Waals surface area (Å²) in [6, 6.07) is 9.55. The summed E-state index contributed by atoms with van der Waals surface area (Å²) in [6.07, 6.45) is 2.20. The summed E-state index contributed by atoms with van der Waals surface area (Å²) in [5, 5.41) is 3.47. The van der Waals surface area contributed by atoms with Crippen molar-refractivity contribution in [2.45, 2.75) is 25.2 Å². The minimum Gasteiger partial charge on any atom is -0.497 e. The lowest BCUT2D eigenvalue weighted by atomic mass is 9.74. The standard InChI is InChI=1S/C23H25NO5/c1-26-13-11-16-22(19(12-13)28-3)20(21-15(24-16)8-6-9-17(21)25)14-7-5-10-18(27-2)23(14)29-4/h5,7,10-12,20,24H,6,8-9H2,1-4H3/t20-/m1/s1. The molecule has 2 aromatic carbocycles. The van der Waals surface area contributed by atoms with Gasteiger partial charge in [0.05, 0.1) is 28.4 Å². The highest BCUT2D eigenvalue weighted by Crippen LogP contribution is 2.53. The van der Waals surface area contributed by atoms with E-state index in [2.05, 4.69) is 5.32 Å². The van der Waals surface area contributed by atoms with Gasteiger partial charge >= 0.3 is 0 Å². The fourth-order valence-electron chi connectivity index (χ4n) is 4.37. The molecule has 6 nitrogen and oxygen atoms in total. The van der Waals surface area contributed by atoms with Gasteiger partial charge in [-0.05, 0) is 18.9 Å². The number of ketones is 1. The summed E-state index contributed by atoms with van der Waals surface area (Å²) in [4.78, 5) is 13.1. The number of hydrogen-bond donors (Lipinski definition) is 1. The van der Waals surface area contributed by atoms with E-state index in [1.165, 1.54) is 0 Å². The maximum atomic E-state index is 13.1. The van der Waals surface area contributed by atoms with E-state index in [0.29, 0.717) is 29.4 Å². The zero-order chi connectivity index (χ0) is 20.5. The lowest BCUT2D eigenvalue weighted by Gasteiger charge is -2.35. The molecule has 0 bridgehead atoms. The first-order valence-corrected chi connectivity index (χ1v) is 9.63. The highest BCUT2D eigenvalue weighted by atomic mass is 16.5. The molecule has 0 fully saturated rings. The molecule has 2 aromatic rings. The van der Waals surface area contributed by atoms with E-state index in [-0.39, 0.29) is 11.7 Å². The molecule has 2 aliphatic rings. The minimum absolute atomic E-state index is 0.150. The zero-order valence-electron chi connectivity index (χ0n) is 17.1. The largest absolute Gasteiger partial charge is 0.497 e. The fraction of sp³-hybridized carbons (Fsp3) is 0.348. The quantitative estimate of drug-likeness (QED) is 0.815. The Hall–Kier alpha value is -3.15. The SMILES string of the molecule is COc1cc2c(c(OC)c1)[C@H](c1cccc(OC)c1OC)C1=C(CCCC1=O)N2. The van der Waals surface area contributed by atoms with E-state index in [0.717, 1.165) is 40.9 Å². The Balaban J connectivity index is 2.03. The first-order valence-electron chi connectivity index (χ1n) is 9.63. The van der Waals surface area contributed by atoms with Crippen molar-refractivity contribution in [3.8, 4) is 23.0 Å². The summed E-state index contributed by atoms with van der Waals surface area (Å²) in [5.74, 6) is 2.43. The molecule has 1 atom stereocenters. The number of fused-ring (bicyclic) bond motifs is 1. The number of allylic oxidation sites excluding steroid dienone is 2. The Morgan fingerprint density at radius 2 is 1.72 bits per heavy atom. The fourth-order valence-corrected chi connectivity index (χ4v) is 4.37. The first kappa shape index (κ1) is 19.2. The van der Waals surface area contributed by atoms with Crippen LogP contribution in [0.5, 0.6) is 23.0 Å². The lowest BCUT2D eigenvalue weighted by molar-refractivity contribution is -0.116. The van der Waals surface area contributed by atoms with Gasteiger partial charge in [0, 0.05) is 52.6 Å². The molecule has 0 unspecified atom stereocenters. The van der Waals surface area contributed by atoms with Gasteiger partial charge in [-0.15, -0.1) is 0 Å². The van der Waals surface area contributed by atoms with Crippen molar-refractivity contribution in [2.24, 2.45) is 0 Å². The Labute approximate surface area is 170 Å². The van der Waals surface area contributed by atoms with Crippen LogP contribution in [0.1, 0.15) is 36.3 Å². The summed E-state index contributed by atoms with van der Waals surface area (Å²) in [7, 11) is 6.48. The summed E-state index contributed by atoms with van der Waals surface area (Å²) >= 11 is 0. The van der Waals surface area contributed by atoms with E-state index in [4.69, 9.17) is 18.9 Å². The molecule has 0 radical (unpaired) electrons. The molecule has 0 saturated heterocycles. The van der Waals surface area contributed by atoms with Crippen molar-refractivity contribution >= 4 is 11.5 Å². The highest BCUT2D eigenvalue weighted by molar-refractivity contribution is 6.01. The molecule has 1 heterocycles. The zero-order valence-corrected chi connectivity index (χ0v) is 17.1. The maximum absolute atomic E-state index is 13.1. The van der Waals surface area contributed by atoms with Crippen LogP contribution in [0.4, 0.5) is 5.69 Å². The van der Waals surface area contributed by atoms with Crippen LogP contribution >= 0.6 is 0 Å². The van der Waals surface area contributed by atoms with Crippen LogP contribution in [-0.2, 0) is 4.79 Å². The molecule has 0 amide bonds. The molecule has 1 N–H and O–H groups in total. The predicted molar refractivity (Wildman–Crippen MR) is 110 cm³/mol. The van der Waals surface area contributed by atoms with Crippen molar-refractivity contribution in [1.82, 2.24) is 0 Å². The predicted octanol–water partition coefficient (Wildman–Crippen LogP) is 4.29. The number of carbonyl (C=O) groups excluding carboxylic acids is 1. The summed E-state index contributed by atoms with van der Waals surface area (Å²) < 4.78 is 22.4. The summed E-state index contributed by atoms with van der Waals surface area (Å²) in [6.45, 7) is 0. The van der Waals surface area contributed by atoms with Crippen molar-refractivity contribution < 1.29 is 23.7 Å².